The average molecular weight is 425 g/mol. The van der Waals surface area contributed by atoms with Crippen molar-refractivity contribution in [3.8, 4) is 0 Å². The van der Waals surface area contributed by atoms with Crippen LogP contribution in [0.15, 0.2) is 53.4 Å². The number of carbonyl (C=O) groups is 2. The van der Waals surface area contributed by atoms with E-state index in [1.165, 1.54) is 55.5 Å². The first-order valence-corrected chi connectivity index (χ1v) is 11.8. The van der Waals surface area contributed by atoms with Crippen LogP contribution in [-0.4, -0.2) is 47.2 Å². The summed E-state index contributed by atoms with van der Waals surface area (Å²) in [6, 6.07) is 11.0. The van der Waals surface area contributed by atoms with E-state index in [9.17, 15) is 26.4 Å². The molecule has 0 radical (unpaired) electrons. The Morgan fingerprint density at radius 2 is 1.54 bits per heavy atom. The molecule has 0 aliphatic heterocycles. The minimum absolute atomic E-state index is 0.00951. The monoisotopic (exact) mass is 425 g/mol. The van der Waals surface area contributed by atoms with E-state index >= 15 is 0 Å². The molecule has 2 rings (SSSR count). The predicted octanol–water partition coefficient (Wildman–Crippen LogP) is 1.89. The highest BCUT2D eigenvalue weighted by Crippen LogP contribution is 2.16. The Hall–Kier alpha value is -2.72. The van der Waals surface area contributed by atoms with E-state index in [2.05, 4.69) is 4.72 Å². The standard InChI is InChI=1S/C18H19NO7S2/c1-12(17(20)13-7-9-15(10-8-13)19-28(3,24)25)26-18(21)14-5-4-6-16(11-14)27(2,22)23/h4-12,19H,1-3H3/t12-/m1/s1. The average Bonchev–Trinajstić information content (AvgIpc) is 2.59. The van der Waals surface area contributed by atoms with Gasteiger partial charge in [-0.2, -0.15) is 0 Å². The van der Waals surface area contributed by atoms with Crippen LogP contribution in [0.5, 0.6) is 0 Å². The molecule has 0 bridgehead atoms. The SMILES string of the molecule is C[C@@H](OC(=O)c1cccc(S(C)(=O)=O)c1)C(=O)c1ccc(NS(C)(=O)=O)cc1. The number of rotatable bonds is 7. The molecule has 8 nitrogen and oxygen atoms in total. The Balaban J connectivity index is 2.11. The highest BCUT2D eigenvalue weighted by atomic mass is 32.2. The van der Waals surface area contributed by atoms with E-state index in [1.807, 2.05) is 0 Å². The van der Waals surface area contributed by atoms with Gasteiger partial charge in [-0.05, 0) is 49.4 Å². The van der Waals surface area contributed by atoms with E-state index in [4.69, 9.17) is 4.74 Å². The van der Waals surface area contributed by atoms with E-state index in [0.29, 0.717) is 5.69 Å². The van der Waals surface area contributed by atoms with Crippen molar-refractivity contribution in [2.24, 2.45) is 0 Å². The van der Waals surface area contributed by atoms with Gasteiger partial charge in [0.2, 0.25) is 15.8 Å². The highest BCUT2D eigenvalue weighted by molar-refractivity contribution is 7.92. The second-order valence-electron chi connectivity index (χ2n) is 6.16. The number of esters is 1. The van der Waals surface area contributed by atoms with Gasteiger partial charge >= 0.3 is 5.97 Å². The number of hydrogen-bond donors (Lipinski definition) is 1. The molecule has 1 N–H and O–H groups in total. The minimum Gasteiger partial charge on any atom is -0.451 e. The molecule has 0 aliphatic carbocycles. The molecule has 0 aliphatic rings. The molecular weight excluding hydrogens is 406 g/mol. The number of nitrogens with one attached hydrogen (secondary N) is 1. The first-order valence-electron chi connectivity index (χ1n) is 8.00. The van der Waals surface area contributed by atoms with E-state index in [1.54, 1.807) is 0 Å². The molecular formula is C18H19NO7S2. The fourth-order valence-corrected chi connectivity index (χ4v) is 3.52. The van der Waals surface area contributed by atoms with Crippen LogP contribution < -0.4 is 4.72 Å². The van der Waals surface area contributed by atoms with Crippen LogP contribution in [0, 0.1) is 0 Å². The van der Waals surface area contributed by atoms with Gasteiger partial charge in [-0.3, -0.25) is 9.52 Å². The molecule has 1 atom stereocenters. The largest absolute Gasteiger partial charge is 0.451 e. The zero-order valence-corrected chi connectivity index (χ0v) is 17.0. The van der Waals surface area contributed by atoms with Gasteiger partial charge in [0.15, 0.2) is 15.9 Å². The number of carbonyl (C=O) groups excluding carboxylic acids is 2. The Labute approximate surface area is 163 Å². The van der Waals surface area contributed by atoms with Gasteiger partial charge in [-0.25, -0.2) is 21.6 Å². The van der Waals surface area contributed by atoms with Gasteiger partial charge < -0.3 is 4.74 Å². The normalized spacial score (nSPS) is 12.8. The summed E-state index contributed by atoms with van der Waals surface area (Å²) in [5, 5.41) is 0. The number of benzene rings is 2. The third-order valence-electron chi connectivity index (χ3n) is 3.62. The molecule has 150 valence electrons. The van der Waals surface area contributed by atoms with E-state index in [-0.39, 0.29) is 16.0 Å². The van der Waals surface area contributed by atoms with Crippen LogP contribution in [0.3, 0.4) is 0 Å². The summed E-state index contributed by atoms with van der Waals surface area (Å²) in [6.45, 7) is 1.39. The summed E-state index contributed by atoms with van der Waals surface area (Å²) >= 11 is 0. The van der Waals surface area contributed by atoms with Crippen LogP contribution >= 0.6 is 0 Å². The summed E-state index contributed by atoms with van der Waals surface area (Å²) in [4.78, 5) is 24.6. The minimum atomic E-state index is -3.49. The first-order chi connectivity index (χ1) is 12.9. The van der Waals surface area contributed by atoms with Crippen molar-refractivity contribution in [1.82, 2.24) is 0 Å². The summed E-state index contributed by atoms with van der Waals surface area (Å²) in [5.41, 5.74) is 0.529. The van der Waals surface area contributed by atoms with Crippen molar-refractivity contribution in [2.45, 2.75) is 17.9 Å². The highest BCUT2D eigenvalue weighted by Gasteiger charge is 2.21. The van der Waals surface area contributed by atoms with Crippen LogP contribution in [0.1, 0.15) is 27.6 Å². The molecule has 2 aromatic rings. The molecule has 0 aromatic heterocycles. The van der Waals surface area contributed by atoms with Crippen molar-refractivity contribution in [1.29, 1.82) is 0 Å². The van der Waals surface area contributed by atoms with E-state index in [0.717, 1.165) is 12.5 Å². The molecule has 0 saturated heterocycles. The maximum absolute atomic E-state index is 12.4. The summed E-state index contributed by atoms with van der Waals surface area (Å²) in [7, 11) is -6.92. The van der Waals surface area contributed by atoms with E-state index < -0.39 is 37.7 Å². The molecule has 2 aromatic carbocycles. The van der Waals surface area contributed by atoms with Crippen LogP contribution in [0.4, 0.5) is 5.69 Å². The fourth-order valence-electron chi connectivity index (χ4n) is 2.29. The van der Waals surface area contributed by atoms with Gasteiger partial charge in [0, 0.05) is 17.5 Å². The van der Waals surface area contributed by atoms with Crippen molar-refractivity contribution in [2.75, 3.05) is 17.2 Å². The Kier molecular flexibility index (Phi) is 6.25. The molecule has 0 saturated carbocycles. The fraction of sp³-hybridized carbons (Fsp3) is 0.222. The lowest BCUT2D eigenvalue weighted by atomic mass is 10.1. The molecule has 0 unspecified atom stereocenters. The maximum Gasteiger partial charge on any atom is 0.338 e. The summed E-state index contributed by atoms with van der Waals surface area (Å²) < 4.78 is 53.0. The number of ether oxygens (including phenoxy) is 1. The van der Waals surface area contributed by atoms with Crippen molar-refractivity contribution < 1.29 is 31.2 Å². The third-order valence-corrected chi connectivity index (χ3v) is 5.34. The lowest BCUT2D eigenvalue weighted by Gasteiger charge is -2.13. The molecule has 0 spiro atoms. The zero-order valence-electron chi connectivity index (χ0n) is 15.4. The first kappa shape index (κ1) is 21.6. The second-order valence-corrected chi connectivity index (χ2v) is 9.93. The van der Waals surface area contributed by atoms with Gasteiger partial charge in [0.25, 0.3) is 0 Å². The summed E-state index contributed by atoms with van der Waals surface area (Å²) in [6.07, 6.45) is 0.904. The van der Waals surface area contributed by atoms with Gasteiger partial charge in [-0.15, -0.1) is 0 Å². The maximum atomic E-state index is 12.4. The van der Waals surface area contributed by atoms with Crippen LogP contribution in [0.2, 0.25) is 0 Å². The number of sulfonamides is 1. The topological polar surface area (TPSA) is 124 Å². The van der Waals surface area contributed by atoms with Crippen molar-refractivity contribution >= 4 is 37.3 Å². The lowest BCUT2D eigenvalue weighted by Crippen LogP contribution is -2.24. The third kappa shape index (κ3) is 5.89. The number of sulfone groups is 1. The van der Waals surface area contributed by atoms with Crippen LogP contribution in [0.25, 0.3) is 0 Å². The van der Waals surface area contributed by atoms with Gasteiger partial charge in [-0.1, -0.05) is 6.07 Å². The quantitative estimate of drug-likeness (QED) is 0.531. The Bertz CT molecular complexity index is 1100. The molecule has 10 heteroatoms. The molecule has 0 amide bonds. The lowest BCUT2D eigenvalue weighted by molar-refractivity contribution is 0.0318. The molecule has 0 heterocycles. The number of ketones is 1. The van der Waals surface area contributed by atoms with Crippen molar-refractivity contribution in [3.05, 3.63) is 59.7 Å². The predicted molar refractivity (Wildman–Crippen MR) is 104 cm³/mol. The zero-order chi connectivity index (χ0) is 21.1. The smallest absolute Gasteiger partial charge is 0.338 e. The number of Topliss-reactive ketones (excluding diaryl/α,β-unsaturated/α-hetero) is 1. The Morgan fingerprint density at radius 3 is 2.07 bits per heavy atom. The Morgan fingerprint density at radius 1 is 0.929 bits per heavy atom. The number of hydrogen-bond acceptors (Lipinski definition) is 7. The van der Waals surface area contributed by atoms with Gasteiger partial charge in [0.1, 0.15) is 0 Å². The summed E-state index contributed by atoms with van der Waals surface area (Å²) in [5.74, 6) is -1.32. The molecule has 28 heavy (non-hydrogen) atoms. The van der Waals surface area contributed by atoms with Crippen LogP contribution in [-0.2, 0) is 24.6 Å². The number of anilines is 1. The van der Waals surface area contributed by atoms with Gasteiger partial charge in [0.05, 0.1) is 16.7 Å². The molecule has 0 fully saturated rings. The van der Waals surface area contributed by atoms with Crippen molar-refractivity contribution in [3.63, 3.8) is 0 Å². The second kappa shape index (κ2) is 8.11.